The fourth-order valence-electron chi connectivity index (χ4n) is 2.36. The van der Waals surface area contributed by atoms with Gasteiger partial charge in [-0.15, -0.1) is 0 Å². The zero-order chi connectivity index (χ0) is 13.7. The summed E-state index contributed by atoms with van der Waals surface area (Å²) in [5, 5.41) is 3.25. The highest BCUT2D eigenvalue weighted by molar-refractivity contribution is 5.91. The number of hydrogen-bond donors (Lipinski definition) is 1. The number of amides is 1. The third kappa shape index (κ3) is 3.93. The summed E-state index contributed by atoms with van der Waals surface area (Å²) in [6.07, 6.45) is 5.81. The Bertz CT molecular complexity index is 450. The Morgan fingerprint density at radius 3 is 2.79 bits per heavy atom. The monoisotopic (exact) mass is 258 g/mol. The molecular weight excluding hydrogens is 236 g/mol. The van der Waals surface area contributed by atoms with E-state index in [0.717, 1.165) is 31.5 Å². The number of likely N-dealkylation sites (tertiary alicyclic amines) is 1. The topological polar surface area (TPSA) is 32.3 Å². The molecule has 19 heavy (non-hydrogen) atoms. The minimum Gasteiger partial charge on any atom is -0.338 e. The molecule has 1 heterocycles. The minimum atomic E-state index is 0.112. The lowest BCUT2D eigenvalue weighted by Crippen LogP contribution is -2.46. The average Bonchev–Trinajstić information content (AvgIpc) is 2.46. The molecular formula is C16H22N2O. The summed E-state index contributed by atoms with van der Waals surface area (Å²) in [6.45, 7) is 3.74. The molecule has 1 aliphatic rings. The van der Waals surface area contributed by atoms with Gasteiger partial charge in [0.15, 0.2) is 0 Å². The average molecular weight is 258 g/mol. The number of carbonyl (C=O) groups is 1. The summed E-state index contributed by atoms with van der Waals surface area (Å²) in [5.41, 5.74) is 2.30. The molecule has 0 bridgehead atoms. The van der Waals surface area contributed by atoms with E-state index in [9.17, 15) is 4.79 Å². The summed E-state index contributed by atoms with van der Waals surface area (Å²) >= 11 is 0. The predicted molar refractivity (Wildman–Crippen MR) is 78.9 cm³/mol. The van der Waals surface area contributed by atoms with Crippen LogP contribution in [0, 0.1) is 6.92 Å². The second-order valence-electron chi connectivity index (χ2n) is 5.16. The molecule has 0 radical (unpaired) electrons. The fraction of sp³-hybridized carbons (Fsp3) is 0.438. The van der Waals surface area contributed by atoms with E-state index in [-0.39, 0.29) is 5.91 Å². The Labute approximate surface area is 115 Å². The summed E-state index contributed by atoms with van der Waals surface area (Å²) in [6, 6.07) is 8.62. The van der Waals surface area contributed by atoms with Crippen LogP contribution in [0.2, 0.25) is 0 Å². The van der Waals surface area contributed by atoms with E-state index < -0.39 is 0 Å². The first-order valence-electron chi connectivity index (χ1n) is 6.90. The number of hydrogen-bond acceptors (Lipinski definition) is 2. The number of piperidine rings is 1. The van der Waals surface area contributed by atoms with Gasteiger partial charge in [-0.2, -0.15) is 0 Å². The normalized spacial score (nSPS) is 19.9. The van der Waals surface area contributed by atoms with Gasteiger partial charge in [0.25, 0.3) is 0 Å². The lowest BCUT2D eigenvalue weighted by Gasteiger charge is -2.31. The Balaban J connectivity index is 1.94. The van der Waals surface area contributed by atoms with Crippen LogP contribution in [0.5, 0.6) is 0 Å². The van der Waals surface area contributed by atoms with Gasteiger partial charge in [0.1, 0.15) is 0 Å². The lowest BCUT2D eigenvalue weighted by molar-refractivity contribution is -0.127. The Hall–Kier alpha value is -1.61. The van der Waals surface area contributed by atoms with Gasteiger partial charge in [-0.05, 0) is 38.5 Å². The van der Waals surface area contributed by atoms with Crippen molar-refractivity contribution >= 4 is 12.0 Å². The number of aryl methyl sites for hydroxylation is 1. The maximum Gasteiger partial charge on any atom is 0.246 e. The maximum atomic E-state index is 12.1. The molecule has 1 N–H and O–H groups in total. The summed E-state index contributed by atoms with van der Waals surface area (Å²) < 4.78 is 0. The van der Waals surface area contributed by atoms with Crippen molar-refractivity contribution < 1.29 is 4.79 Å². The van der Waals surface area contributed by atoms with E-state index in [1.807, 2.05) is 30.2 Å². The molecule has 1 saturated heterocycles. The number of likely N-dealkylation sites (N-methyl/N-ethyl adjacent to an activating group) is 1. The van der Waals surface area contributed by atoms with Crippen molar-refractivity contribution in [1.82, 2.24) is 10.2 Å². The zero-order valence-electron chi connectivity index (χ0n) is 11.7. The second kappa shape index (κ2) is 6.53. The fourth-order valence-corrected chi connectivity index (χ4v) is 2.36. The van der Waals surface area contributed by atoms with Crippen LogP contribution in [0.1, 0.15) is 24.0 Å². The van der Waals surface area contributed by atoms with Gasteiger partial charge in [-0.3, -0.25) is 4.79 Å². The van der Waals surface area contributed by atoms with Crippen LogP contribution in [0.3, 0.4) is 0 Å². The van der Waals surface area contributed by atoms with Gasteiger partial charge < -0.3 is 10.2 Å². The van der Waals surface area contributed by atoms with Crippen LogP contribution in [0.15, 0.2) is 30.3 Å². The largest absolute Gasteiger partial charge is 0.338 e. The second-order valence-corrected chi connectivity index (χ2v) is 5.16. The molecule has 0 saturated carbocycles. The van der Waals surface area contributed by atoms with Crippen LogP contribution in [-0.2, 0) is 4.79 Å². The smallest absolute Gasteiger partial charge is 0.246 e. The van der Waals surface area contributed by atoms with Crippen molar-refractivity contribution in [2.45, 2.75) is 25.8 Å². The molecule has 102 valence electrons. The zero-order valence-corrected chi connectivity index (χ0v) is 11.7. The highest BCUT2D eigenvalue weighted by atomic mass is 16.2. The molecule has 0 aromatic heterocycles. The molecule has 1 fully saturated rings. The molecule has 2 rings (SSSR count). The molecule has 1 atom stereocenters. The SMILES string of the molecule is CNC1CCCN(C(=O)C=Cc2ccc(C)cc2)C1. The van der Waals surface area contributed by atoms with Gasteiger partial charge >= 0.3 is 0 Å². The molecule has 0 spiro atoms. The first kappa shape index (κ1) is 13.8. The van der Waals surface area contributed by atoms with Crippen LogP contribution in [-0.4, -0.2) is 37.0 Å². The Morgan fingerprint density at radius 1 is 1.37 bits per heavy atom. The van der Waals surface area contributed by atoms with E-state index in [0.29, 0.717) is 6.04 Å². The van der Waals surface area contributed by atoms with E-state index in [1.54, 1.807) is 6.08 Å². The highest BCUT2D eigenvalue weighted by Gasteiger charge is 2.20. The lowest BCUT2D eigenvalue weighted by atomic mass is 10.1. The molecule has 3 nitrogen and oxygen atoms in total. The third-order valence-electron chi connectivity index (χ3n) is 3.64. The van der Waals surface area contributed by atoms with Gasteiger partial charge in [0.2, 0.25) is 5.91 Å². The van der Waals surface area contributed by atoms with Gasteiger partial charge in [0, 0.05) is 25.2 Å². The third-order valence-corrected chi connectivity index (χ3v) is 3.64. The van der Waals surface area contributed by atoms with Crippen molar-refractivity contribution in [3.63, 3.8) is 0 Å². The van der Waals surface area contributed by atoms with Crippen molar-refractivity contribution in [3.8, 4) is 0 Å². The van der Waals surface area contributed by atoms with Crippen molar-refractivity contribution in [2.75, 3.05) is 20.1 Å². The standard InChI is InChI=1S/C16H22N2O/c1-13-5-7-14(8-6-13)9-10-16(19)18-11-3-4-15(12-18)17-2/h5-10,15,17H,3-4,11-12H2,1-2H3. The van der Waals surface area contributed by atoms with E-state index in [4.69, 9.17) is 0 Å². The van der Waals surface area contributed by atoms with E-state index >= 15 is 0 Å². The number of rotatable bonds is 3. The summed E-state index contributed by atoms with van der Waals surface area (Å²) in [5.74, 6) is 0.112. The van der Waals surface area contributed by atoms with Gasteiger partial charge in [-0.1, -0.05) is 29.8 Å². The number of carbonyl (C=O) groups excluding carboxylic acids is 1. The van der Waals surface area contributed by atoms with Crippen molar-refractivity contribution in [3.05, 3.63) is 41.5 Å². The molecule has 1 aliphatic heterocycles. The first-order chi connectivity index (χ1) is 9.19. The van der Waals surface area contributed by atoms with Gasteiger partial charge in [-0.25, -0.2) is 0 Å². The molecule has 1 aromatic carbocycles. The number of nitrogens with zero attached hydrogens (tertiary/aromatic N) is 1. The Morgan fingerprint density at radius 2 is 2.11 bits per heavy atom. The van der Waals surface area contributed by atoms with Crippen LogP contribution in [0.25, 0.3) is 6.08 Å². The van der Waals surface area contributed by atoms with E-state index in [1.165, 1.54) is 5.56 Å². The molecule has 3 heteroatoms. The summed E-state index contributed by atoms with van der Waals surface area (Å²) in [7, 11) is 1.96. The Kier molecular flexibility index (Phi) is 4.74. The highest BCUT2D eigenvalue weighted by Crippen LogP contribution is 2.11. The molecule has 1 aromatic rings. The minimum absolute atomic E-state index is 0.112. The first-order valence-corrected chi connectivity index (χ1v) is 6.90. The van der Waals surface area contributed by atoms with Gasteiger partial charge in [0.05, 0.1) is 0 Å². The van der Waals surface area contributed by atoms with Crippen molar-refractivity contribution in [1.29, 1.82) is 0 Å². The molecule has 0 aliphatic carbocycles. The van der Waals surface area contributed by atoms with Crippen LogP contribution < -0.4 is 5.32 Å². The maximum absolute atomic E-state index is 12.1. The quantitative estimate of drug-likeness (QED) is 0.843. The van der Waals surface area contributed by atoms with Crippen molar-refractivity contribution in [2.24, 2.45) is 0 Å². The molecule has 1 amide bonds. The predicted octanol–water partition coefficient (Wildman–Crippen LogP) is 2.22. The van der Waals surface area contributed by atoms with Crippen LogP contribution >= 0.6 is 0 Å². The molecule has 1 unspecified atom stereocenters. The van der Waals surface area contributed by atoms with E-state index in [2.05, 4.69) is 24.4 Å². The summed E-state index contributed by atoms with van der Waals surface area (Å²) in [4.78, 5) is 14.0. The number of nitrogens with one attached hydrogen (secondary N) is 1. The van der Waals surface area contributed by atoms with Crippen LogP contribution in [0.4, 0.5) is 0 Å². The number of benzene rings is 1.